The van der Waals surface area contributed by atoms with Gasteiger partial charge in [-0.2, -0.15) is 0 Å². The quantitative estimate of drug-likeness (QED) is 0.529. The average Bonchev–Trinajstić information content (AvgIpc) is 1.97. The zero-order valence-electron chi connectivity index (χ0n) is 8.03. The maximum Gasteiger partial charge on any atom is 0.345 e. The molecule has 0 radical (unpaired) electrons. The van der Waals surface area contributed by atoms with Gasteiger partial charge in [0.25, 0.3) is 0 Å². The molecule has 4 heteroatoms. The molecule has 4 nitrogen and oxygen atoms in total. The number of carboxylic acid groups (broad SMARTS) is 1. The summed E-state index contributed by atoms with van der Waals surface area (Å²) in [5, 5.41) is 8.67. The summed E-state index contributed by atoms with van der Waals surface area (Å²) in [5.41, 5.74) is 0.201. The van der Waals surface area contributed by atoms with Crippen LogP contribution in [0.2, 0.25) is 0 Å². The van der Waals surface area contributed by atoms with Gasteiger partial charge in [-0.3, -0.25) is 0 Å². The van der Waals surface area contributed by atoms with Crippen molar-refractivity contribution in [2.45, 2.75) is 26.9 Å². The van der Waals surface area contributed by atoms with Crippen molar-refractivity contribution in [2.24, 2.45) is 5.92 Å². The van der Waals surface area contributed by atoms with Crippen LogP contribution in [0, 0.1) is 5.92 Å². The second-order valence-corrected chi connectivity index (χ2v) is 3.19. The van der Waals surface area contributed by atoms with Crippen LogP contribution in [0.15, 0.2) is 12.2 Å². The third-order valence-electron chi connectivity index (χ3n) is 1.43. The summed E-state index contributed by atoms with van der Waals surface area (Å²) in [6.07, 6.45) is -1.09. The summed E-state index contributed by atoms with van der Waals surface area (Å²) in [7, 11) is 0. The maximum atomic E-state index is 11.0. The van der Waals surface area contributed by atoms with Crippen molar-refractivity contribution >= 4 is 11.9 Å². The predicted octanol–water partition coefficient (Wildman–Crippen LogP) is 1.21. The number of hydrogen-bond donors (Lipinski definition) is 1. The fraction of sp³-hybridized carbons (Fsp3) is 0.556. The number of carbonyl (C=O) groups is 2. The number of carbonyl (C=O) groups excluding carboxylic acids is 1. The topological polar surface area (TPSA) is 63.6 Å². The van der Waals surface area contributed by atoms with Crippen LogP contribution in [0.1, 0.15) is 20.8 Å². The smallest absolute Gasteiger partial charge is 0.345 e. The molecule has 1 unspecified atom stereocenters. The van der Waals surface area contributed by atoms with Gasteiger partial charge in [-0.1, -0.05) is 20.4 Å². The third kappa shape index (κ3) is 3.73. The van der Waals surface area contributed by atoms with E-state index in [1.165, 1.54) is 6.92 Å². The van der Waals surface area contributed by atoms with Crippen molar-refractivity contribution in [2.75, 3.05) is 0 Å². The Bertz CT molecular complexity index is 230. The highest BCUT2D eigenvalue weighted by Crippen LogP contribution is 2.08. The van der Waals surface area contributed by atoms with Crippen molar-refractivity contribution in [3.8, 4) is 0 Å². The first-order chi connectivity index (χ1) is 5.86. The minimum absolute atomic E-state index is 0.201. The van der Waals surface area contributed by atoms with Crippen LogP contribution in [0.3, 0.4) is 0 Å². The zero-order valence-corrected chi connectivity index (χ0v) is 8.03. The summed E-state index contributed by atoms with van der Waals surface area (Å²) in [6, 6.07) is 0. The van der Waals surface area contributed by atoms with E-state index in [1.807, 2.05) is 0 Å². The summed E-state index contributed by atoms with van der Waals surface area (Å²) < 4.78 is 4.70. The fourth-order valence-corrected chi connectivity index (χ4v) is 0.688. The lowest BCUT2D eigenvalue weighted by molar-refractivity contribution is -0.164. The molecule has 0 heterocycles. The molecule has 1 N–H and O–H groups in total. The van der Waals surface area contributed by atoms with Crippen molar-refractivity contribution in [3.05, 3.63) is 12.2 Å². The van der Waals surface area contributed by atoms with Gasteiger partial charge < -0.3 is 9.84 Å². The highest BCUT2D eigenvalue weighted by atomic mass is 16.6. The summed E-state index contributed by atoms with van der Waals surface area (Å²) >= 11 is 0. The van der Waals surface area contributed by atoms with Crippen molar-refractivity contribution in [3.63, 3.8) is 0 Å². The lowest BCUT2D eigenvalue weighted by Crippen LogP contribution is -2.32. The Morgan fingerprint density at radius 3 is 2.08 bits per heavy atom. The average molecular weight is 186 g/mol. The van der Waals surface area contributed by atoms with Gasteiger partial charge in [-0.25, -0.2) is 9.59 Å². The van der Waals surface area contributed by atoms with Crippen LogP contribution < -0.4 is 0 Å². The SMILES string of the molecule is C=C(C)C(=O)OC(C(=O)O)C(C)C. The van der Waals surface area contributed by atoms with Crippen LogP contribution in [-0.4, -0.2) is 23.1 Å². The van der Waals surface area contributed by atoms with Gasteiger partial charge in [-0.05, 0) is 6.92 Å². The molecule has 0 aliphatic rings. The largest absolute Gasteiger partial charge is 0.478 e. The zero-order chi connectivity index (χ0) is 10.6. The first-order valence-corrected chi connectivity index (χ1v) is 3.95. The van der Waals surface area contributed by atoms with E-state index >= 15 is 0 Å². The second-order valence-electron chi connectivity index (χ2n) is 3.19. The van der Waals surface area contributed by atoms with Crippen molar-refractivity contribution in [1.29, 1.82) is 0 Å². The summed E-state index contributed by atoms with van der Waals surface area (Å²) in [5.74, 6) is -2.05. The van der Waals surface area contributed by atoms with E-state index in [4.69, 9.17) is 9.84 Å². The number of carboxylic acids is 1. The van der Waals surface area contributed by atoms with E-state index in [2.05, 4.69) is 6.58 Å². The van der Waals surface area contributed by atoms with E-state index in [-0.39, 0.29) is 11.5 Å². The molecule has 0 amide bonds. The lowest BCUT2D eigenvalue weighted by Gasteiger charge is -2.16. The number of esters is 1. The van der Waals surface area contributed by atoms with Crippen LogP contribution in [0.5, 0.6) is 0 Å². The second kappa shape index (κ2) is 4.64. The van der Waals surface area contributed by atoms with E-state index in [1.54, 1.807) is 13.8 Å². The van der Waals surface area contributed by atoms with Gasteiger partial charge in [0.1, 0.15) is 0 Å². The van der Waals surface area contributed by atoms with E-state index in [9.17, 15) is 9.59 Å². The molecule has 0 rings (SSSR count). The molecule has 0 saturated heterocycles. The van der Waals surface area contributed by atoms with E-state index in [0.29, 0.717) is 0 Å². The molecular formula is C9H14O4. The van der Waals surface area contributed by atoms with Gasteiger partial charge in [0.15, 0.2) is 0 Å². The molecule has 0 aliphatic heterocycles. The molecule has 0 fully saturated rings. The van der Waals surface area contributed by atoms with Crippen LogP contribution in [0.25, 0.3) is 0 Å². The Labute approximate surface area is 77.2 Å². The molecular weight excluding hydrogens is 172 g/mol. The molecule has 13 heavy (non-hydrogen) atoms. The van der Waals surface area contributed by atoms with Crippen LogP contribution in [0.4, 0.5) is 0 Å². The molecule has 0 saturated carbocycles. The van der Waals surface area contributed by atoms with Crippen LogP contribution >= 0.6 is 0 Å². The summed E-state index contributed by atoms with van der Waals surface area (Å²) in [4.78, 5) is 21.6. The molecule has 0 aromatic heterocycles. The molecule has 1 atom stereocenters. The van der Waals surface area contributed by atoms with Gasteiger partial charge >= 0.3 is 11.9 Å². The Kier molecular flexibility index (Phi) is 4.17. The number of aliphatic carboxylic acids is 1. The predicted molar refractivity (Wildman–Crippen MR) is 47.2 cm³/mol. The Morgan fingerprint density at radius 2 is 1.85 bits per heavy atom. The van der Waals surface area contributed by atoms with Gasteiger partial charge in [-0.15, -0.1) is 0 Å². The maximum absolute atomic E-state index is 11.0. The van der Waals surface area contributed by atoms with Gasteiger partial charge in [0.2, 0.25) is 6.10 Å². The number of ether oxygens (including phenoxy) is 1. The van der Waals surface area contributed by atoms with Crippen LogP contribution in [-0.2, 0) is 14.3 Å². The molecule has 0 aromatic carbocycles. The van der Waals surface area contributed by atoms with Gasteiger partial charge in [0, 0.05) is 11.5 Å². The minimum Gasteiger partial charge on any atom is -0.478 e. The highest BCUT2D eigenvalue weighted by molar-refractivity contribution is 5.89. The number of hydrogen-bond acceptors (Lipinski definition) is 3. The Morgan fingerprint density at radius 1 is 1.38 bits per heavy atom. The first-order valence-electron chi connectivity index (χ1n) is 3.95. The summed E-state index contributed by atoms with van der Waals surface area (Å²) in [6.45, 7) is 8.18. The standard InChI is InChI=1S/C9H14O4/c1-5(2)7(8(10)11)13-9(12)6(3)4/h5,7H,3H2,1-2,4H3,(H,10,11). The molecule has 0 aromatic rings. The van der Waals surface area contributed by atoms with E-state index < -0.39 is 18.0 Å². The fourth-order valence-electron chi connectivity index (χ4n) is 0.688. The third-order valence-corrected chi connectivity index (χ3v) is 1.43. The minimum atomic E-state index is -1.13. The van der Waals surface area contributed by atoms with Gasteiger partial charge in [0.05, 0.1) is 0 Å². The molecule has 0 bridgehead atoms. The monoisotopic (exact) mass is 186 g/mol. The molecule has 74 valence electrons. The van der Waals surface area contributed by atoms with E-state index in [0.717, 1.165) is 0 Å². The first kappa shape index (κ1) is 11.7. The number of rotatable bonds is 4. The van der Waals surface area contributed by atoms with Crippen molar-refractivity contribution in [1.82, 2.24) is 0 Å². The highest BCUT2D eigenvalue weighted by Gasteiger charge is 2.25. The molecule has 0 aliphatic carbocycles. The lowest BCUT2D eigenvalue weighted by atomic mass is 10.1. The Balaban J connectivity index is 4.36. The normalized spacial score (nSPS) is 12.3. The Hall–Kier alpha value is -1.32. The molecule has 0 spiro atoms. The van der Waals surface area contributed by atoms with Crippen molar-refractivity contribution < 1.29 is 19.4 Å².